The minimum Gasteiger partial charge on any atom is -0.293 e. The minimum atomic E-state index is -0.283. The quantitative estimate of drug-likeness (QED) is 0.460. The molecule has 0 amide bonds. The number of fused-ring (bicyclic) bond motifs is 3. The third kappa shape index (κ3) is 2.94. The largest absolute Gasteiger partial charge is 0.293 e. The summed E-state index contributed by atoms with van der Waals surface area (Å²) in [6.45, 7) is 2.23. The molecule has 142 valence electrons. The lowest BCUT2D eigenvalue weighted by atomic mass is 10.1. The predicted molar refractivity (Wildman–Crippen MR) is 109 cm³/mol. The fourth-order valence-corrected chi connectivity index (χ4v) is 3.45. The van der Waals surface area contributed by atoms with E-state index in [0.29, 0.717) is 22.9 Å². The molecule has 0 fully saturated rings. The fourth-order valence-electron chi connectivity index (χ4n) is 3.32. The average Bonchev–Trinajstić information content (AvgIpc) is 3.08. The van der Waals surface area contributed by atoms with E-state index < -0.39 is 0 Å². The smallest absolute Gasteiger partial charge is 0.283 e. The summed E-state index contributed by atoms with van der Waals surface area (Å²) in [5, 5.41) is 13.7. The highest BCUT2D eigenvalue weighted by atomic mass is 35.5. The van der Waals surface area contributed by atoms with Gasteiger partial charge in [-0.25, -0.2) is 4.98 Å². The number of rotatable bonds is 3. The molecule has 1 aromatic carbocycles. The van der Waals surface area contributed by atoms with Gasteiger partial charge in [0.05, 0.1) is 17.8 Å². The Bertz CT molecular complexity index is 1410. The van der Waals surface area contributed by atoms with Crippen molar-refractivity contribution in [3.8, 4) is 11.1 Å². The zero-order chi connectivity index (χ0) is 20.0. The molecule has 0 unspecified atom stereocenters. The summed E-state index contributed by atoms with van der Waals surface area (Å²) in [5.74, 6) is 0. The molecular formula is C20H14ClN7O. The second-order valence-electron chi connectivity index (χ2n) is 6.61. The van der Waals surface area contributed by atoms with Crippen LogP contribution < -0.4 is 5.56 Å². The first-order valence-corrected chi connectivity index (χ1v) is 9.25. The fraction of sp³-hybridized carbons (Fsp3) is 0.100. The molecule has 0 N–H and O–H groups in total. The van der Waals surface area contributed by atoms with Gasteiger partial charge < -0.3 is 0 Å². The number of halogens is 1. The van der Waals surface area contributed by atoms with E-state index in [1.807, 2.05) is 43.3 Å². The van der Waals surface area contributed by atoms with Gasteiger partial charge in [-0.1, -0.05) is 29.8 Å². The van der Waals surface area contributed by atoms with Crippen molar-refractivity contribution in [1.82, 2.24) is 34.3 Å². The number of aromatic nitrogens is 7. The van der Waals surface area contributed by atoms with Gasteiger partial charge in [0.1, 0.15) is 6.33 Å². The van der Waals surface area contributed by atoms with Crippen LogP contribution in [0.3, 0.4) is 0 Å². The number of pyridine rings is 1. The summed E-state index contributed by atoms with van der Waals surface area (Å²) in [5.41, 5.74) is 4.18. The van der Waals surface area contributed by atoms with E-state index in [-0.39, 0.29) is 11.1 Å². The summed E-state index contributed by atoms with van der Waals surface area (Å²) in [7, 11) is 0. The Kier molecular flexibility index (Phi) is 4.06. The van der Waals surface area contributed by atoms with Gasteiger partial charge in [-0.2, -0.15) is 9.61 Å². The molecule has 5 aromatic rings. The van der Waals surface area contributed by atoms with Crippen LogP contribution in [0, 0.1) is 6.92 Å². The molecule has 0 saturated heterocycles. The van der Waals surface area contributed by atoms with Crippen LogP contribution in [0.2, 0.25) is 5.02 Å². The Labute approximate surface area is 169 Å². The van der Waals surface area contributed by atoms with Gasteiger partial charge in [0.15, 0.2) is 16.8 Å². The van der Waals surface area contributed by atoms with Gasteiger partial charge in [-0.3, -0.25) is 14.3 Å². The minimum absolute atomic E-state index is 0.161. The lowest BCUT2D eigenvalue weighted by Crippen LogP contribution is -2.23. The van der Waals surface area contributed by atoms with E-state index in [9.17, 15) is 4.79 Å². The molecule has 4 heterocycles. The van der Waals surface area contributed by atoms with Gasteiger partial charge in [0.25, 0.3) is 5.56 Å². The number of nitrogens with zero attached hydrogens (tertiary/aromatic N) is 7. The van der Waals surface area contributed by atoms with Gasteiger partial charge in [-0.05, 0) is 36.2 Å². The first-order chi connectivity index (χ1) is 14.1. The van der Waals surface area contributed by atoms with Crippen LogP contribution in [-0.2, 0) is 6.54 Å². The molecule has 0 aliphatic carbocycles. The first-order valence-electron chi connectivity index (χ1n) is 8.88. The van der Waals surface area contributed by atoms with Crippen molar-refractivity contribution >= 4 is 28.4 Å². The highest BCUT2D eigenvalue weighted by Gasteiger charge is 2.18. The van der Waals surface area contributed by atoms with Crippen LogP contribution >= 0.6 is 11.6 Å². The highest BCUT2D eigenvalue weighted by molar-refractivity contribution is 6.30. The van der Waals surface area contributed by atoms with Crippen LogP contribution in [-0.4, -0.2) is 34.3 Å². The van der Waals surface area contributed by atoms with E-state index in [2.05, 4.69) is 25.3 Å². The maximum Gasteiger partial charge on any atom is 0.283 e. The van der Waals surface area contributed by atoms with Crippen LogP contribution in [0.25, 0.3) is 27.9 Å². The summed E-state index contributed by atoms with van der Waals surface area (Å²) in [6.07, 6.45) is 4.89. The lowest BCUT2D eigenvalue weighted by molar-refractivity contribution is 0.734. The first kappa shape index (κ1) is 17.4. The van der Waals surface area contributed by atoms with Gasteiger partial charge in [0, 0.05) is 17.4 Å². The number of benzene rings is 1. The third-order valence-corrected chi connectivity index (χ3v) is 4.94. The second-order valence-corrected chi connectivity index (χ2v) is 7.05. The van der Waals surface area contributed by atoms with Crippen molar-refractivity contribution in [2.75, 3.05) is 0 Å². The van der Waals surface area contributed by atoms with Crippen molar-refractivity contribution < 1.29 is 0 Å². The number of aryl methyl sites for hydroxylation is 1. The summed E-state index contributed by atoms with van der Waals surface area (Å²) >= 11 is 6.00. The van der Waals surface area contributed by atoms with Crippen molar-refractivity contribution in [2.24, 2.45) is 0 Å². The monoisotopic (exact) mass is 403 g/mol. The number of hydrogen-bond acceptors (Lipinski definition) is 6. The van der Waals surface area contributed by atoms with Crippen LogP contribution in [0.4, 0.5) is 0 Å². The van der Waals surface area contributed by atoms with Crippen molar-refractivity contribution in [3.63, 3.8) is 0 Å². The zero-order valence-electron chi connectivity index (χ0n) is 15.3. The summed E-state index contributed by atoms with van der Waals surface area (Å²) < 4.78 is 3.05. The molecule has 9 heteroatoms. The number of hydrogen-bond donors (Lipinski definition) is 0. The van der Waals surface area contributed by atoms with E-state index in [1.165, 1.54) is 10.9 Å². The SMILES string of the molecule is Cc1nn2c(nnc3c(=O)n(Cc4cccnc4)cnc32)c1-c1ccc(Cl)cc1. The normalized spacial score (nSPS) is 11.4. The standard InChI is InChI=1S/C20H14ClN7O/c1-12-16(14-4-6-15(21)7-5-14)18-25-24-17-19(28(18)26-12)23-11-27(20(17)29)10-13-3-2-8-22-9-13/h2-9,11H,10H2,1H3. The van der Waals surface area contributed by atoms with Gasteiger partial charge in [-0.15, -0.1) is 10.2 Å². The maximum atomic E-state index is 12.9. The molecule has 0 bridgehead atoms. The van der Waals surface area contributed by atoms with E-state index in [4.69, 9.17) is 11.6 Å². The third-order valence-electron chi connectivity index (χ3n) is 4.68. The molecule has 8 nitrogen and oxygen atoms in total. The molecule has 0 radical (unpaired) electrons. The Balaban J connectivity index is 1.68. The molecule has 0 spiro atoms. The Hall–Kier alpha value is -3.65. The lowest BCUT2D eigenvalue weighted by Gasteiger charge is -2.06. The summed E-state index contributed by atoms with van der Waals surface area (Å²) in [4.78, 5) is 21.4. The highest BCUT2D eigenvalue weighted by Crippen LogP contribution is 2.28. The molecule has 5 rings (SSSR count). The molecular weight excluding hydrogens is 390 g/mol. The van der Waals surface area contributed by atoms with Crippen molar-refractivity contribution in [3.05, 3.63) is 81.8 Å². The second kappa shape index (κ2) is 6.75. The van der Waals surface area contributed by atoms with E-state index in [0.717, 1.165) is 22.4 Å². The van der Waals surface area contributed by atoms with Gasteiger partial charge >= 0.3 is 0 Å². The molecule has 0 aliphatic heterocycles. The molecule has 0 saturated carbocycles. The zero-order valence-corrected chi connectivity index (χ0v) is 16.1. The Morgan fingerprint density at radius 2 is 1.90 bits per heavy atom. The van der Waals surface area contributed by atoms with Crippen LogP contribution in [0.1, 0.15) is 11.3 Å². The molecule has 0 atom stereocenters. The van der Waals surface area contributed by atoms with Crippen LogP contribution in [0.5, 0.6) is 0 Å². The van der Waals surface area contributed by atoms with Crippen molar-refractivity contribution in [2.45, 2.75) is 13.5 Å². The predicted octanol–water partition coefficient (Wildman–Crippen LogP) is 2.91. The van der Waals surface area contributed by atoms with E-state index >= 15 is 0 Å². The van der Waals surface area contributed by atoms with Crippen molar-refractivity contribution in [1.29, 1.82) is 0 Å². The maximum absolute atomic E-state index is 12.9. The van der Waals surface area contributed by atoms with Crippen LogP contribution in [0.15, 0.2) is 59.9 Å². The Morgan fingerprint density at radius 3 is 2.66 bits per heavy atom. The average molecular weight is 404 g/mol. The van der Waals surface area contributed by atoms with Gasteiger partial charge in [0.2, 0.25) is 0 Å². The topological polar surface area (TPSA) is 90.9 Å². The Morgan fingerprint density at radius 1 is 1.07 bits per heavy atom. The molecule has 29 heavy (non-hydrogen) atoms. The molecule has 4 aromatic heterocycles. The summed E-state index contributed by atoms with van der Waals surface area (Å²) in [6, 6.07) is 11.1. The molecule has 0 aliphatic rings. The van der Waals surface area contributed by atoms with E-state index in [1.54, 1.807) is 16.9 Å².